The Morgan fingerprint density at radius 1 is 1.27 bits per heavy atom. The van der Waals surface area contributed by atoms with E-state index in [1.54, 1.807) is 12.4 Å². The van der Waals surface area contributed by atoms with Gasteiger partial charge in [-0.15, -0.1) is 0 Å². The van der Waals surface area contributed by atoms with Crippen molar-refractivity contribution < 1.29 is 4.52 Å². The number of nitrogens with one attached hydrogen (secondary N) is 1. The molecule has 78 valence electrons. The van der Waals surface area contributed by atoms with Gasteiger partial charge in [0.25, 0.3) is 0 Å². The van der Waals surface area contributed by atoms with Crippen molar-refractivity contribution in [3.05, 3.63) is 24.5 Å². The third-order valence-corrected chi connectivity index (χ3v) is 1.78. The molecule has 0 fully saturated rings. The number of hydrogen-bond acceptors (Lipinski definition) is 5. The summed E-state index contributed by atoms with van der Waals surface area (Å²) in [6.45, 7) is 4.02. The molecule has 0 aliphatic rings. The van der Waals surface area contributed by atoms with Crippen molar-refractivity contribution >= 4 is 6.01 Å². The SMILES string of the molecule is CC(C)Nc1nc(-c2ccncc2)no1. The van der Waals surface area contributed by atoms with Crippen molar-refractivity contribution in [2.24, 2.45) is 0 Å². The maximum atomic E-state index is 5.04. The maximum absolute atomic E-state index is 5.04. The quantitative estimate of drug-likeness (QED) is 0.827. The molecule has 0 bridgehead atoms. The third-order valence-electron chi connectivity index (χ3n) is 1.78. The molecule has 5 heteroatoms. The van der Waals surface area contributed by atoms with Crippen molar-refractivity contribution in [3.63, 3.8) is 0 Å². The van der Waals surface area contributed by atoms with E-state index in [0.717, 1.165) is 5.56 Å². The Labute approximate surface area is 87.5 Å². The van der Waals surface area contributed by atoms with Crippen LogP contribution in [-0.2, 0) is 0 Å². The molecule has 5 nitrogen and oxygen atoms in total. The van der Waals surface area contributed by atoms with Gasteiger partial charge in [-0.2, -0.15) is 4.98 Å². The summed E-state index contributed by atoms with van der Waals surface area (Å²) in [7, 11) is 0. The molecule has 0 aliphatic heterocycles. The maximum Gasteiger partial charge on any atom is 0.321 e. The highest BCUT2D eigenvalue weighted by Crippen LogP contribution is 2.16. The van der Waals surface area contributed by atoms with Gasteiger partial charge < -0.3 is 9.84 Å². The van der Waals surface area contributed by atoms with Crippen molar-refractivity contribution in [1.82, 2.24) is 15.1 Å². The van der Waals surface area contributed by atoms with Gasteiger partial charge in [0, 0.05) is 24.0 Å². The minimum Gasteiger partial charge on any atom is -0.336 e. The van der Waals surface area contributed by atoms with Gasteiger partial charge in [0.05, 0.1) is 0 Å². The van der Waals surface area contributed by atoms with Gasteiger partial charge >= 0.3 is 6.01 Å². The molecule has 0 aromatic carbocycles. The number of anilines is 1. The zero-order valence-electron chi connectivity index (χ0n) is 8.64. The second-order valence-electron chi connectivity index (χ2n) is 3.46. The van der Waals surface area contributed by atoms with Gasteiger partial charge in [0.1, 0.15) is 0 Å². The summed E-state index contributed by atoms with van der Waals surface area (Å²) < 4.78 is 5.04. The normalized spacial score (nSPS) is 10.6. The zero-order valence-corrected chi connectivity index (χ0v) is 8.64. The monoisotopic (exact) mass is 204 g/mol. The average molecular weight is 204 g/mol. The number of rotatable bonds is 3. The van der Waals surface area contributed by atoms with Crippen LogP contribution in [0, 0.1) is 0 Å². The van der Waals surface area contributed by atoms with Gasteiger partial charge in [-0.25, -0.2) is 0 Å². The van der Waals surface area contributed by atoms with Crippen molar-refractivity contribution in [1.29, 1.82) is 0 Å². The van der Waals surface area contributed by atoms with Crippen LogP contribution in [0.4, 0.5) is 6.01 Å². The van der Waals surface area contributed by atoms with Crippen LogP contribution in [0.25, 0.3) is 11.4 Å². The van der Waals surface area contributed by atoms with E-state index in [-0.39, 0.29) is 6.04 Å². The van der Waals surface area contributed by atoms with Crippen molar-refractivity contribution in [2.45, 2.75) is 19.9 Å². The Morgan fingerprint density at radius 3 is 2.67 bits per heavy atom. The first-order valence-electron chi connectivity index (χ1n) is 4.76. The molecule has 0 aliphatic carbocycles. The summed E-state index contributed by atoms with van der Waals surface area (Å²) in [5.41, 5.74) is 0.894. The molecule has 0 radical (unpaired) electrons. The van der Waals surface area contributed by atoms with Gasteiger partial charge in [-0.05, 0) is 26.0 Å². The standard InChI is InChI=1S/C10H12N4O/c1-7(2)12-10-13-9(14-15-10)8-3-5-11-6-4-8/h3-7H,1-2H3,(H,12,13,14). The Hall–Kier alpha value is -1.91. The summed E-state index contributed by atoms with van der Waals surface area (Å²) in [6, 6.07) is 4.39. The second-order valence-corrected chi connectivity index (χ2v) is 3.46. The zero-order chi connectivity index (χ0) is 10.7. The van der Waals surface area contributed by atoms with Crippen LogP contribution in [0.2, 0.25) is 0 Å². The molecule has 0 saturated carbocycles. The minimum absolute atomic E-state index is 0.274. The smallest absolute Gasteiger partial charge is 0.321 e. The molecule has 0 saturated heterocycles. The van der Waals surface area contributed by atoms with Crippen LogP contribution in [0.5, 0.6) is 0 Å². The Morgan fingerprint density at radius 2 is 2.00 bits per heavy atom. The van der Waals surface area contributed by atoms with Gasteiger partial charge in [-0.1, -0.05) is 5.16 Å². The molecule has 0 unspecified atom stereocenters. The summed E-state index contributed by atoms with van der Waals surface area (Å²) in [6.07, 6.45) is 3.39. The van der Waals surface area contributed by atoms with Crippen LogP contribution < -0.4 is 5.32 Å². The molecule has 2 aromatic rings. The summed E-state index contributed by atoms with van der Waals surface area (Å²) in [4.78, 5) is 8.13. The van der Waals surface area contributed by atoms with Crippen LogP contribution in [0.15, 0.2) is 29.0 Å². The average Bonchev–Trinajstić information content (AvgIpc) is 2.67. The van der Waals surface area contributed by atoms with E-state index in [4.69, 9.17) is 4.52 Å². The predicted molar refractivity (Wildman–Crippen MR) is 56.3 cm³/mol. The van der Waals surface area contributed by atoms with Crippen LogP contribution >= 0.6 is 0 Å². The highest BCUT2D eigenvalue weighted by atomic mass is 16.5. The summed E-state index contributed by atoms with van der Waals surface area (Å²) in [5, 5.41) is 6.90. The van der Waals surface area contributed by atoms with E-state index in [1.165, 1.54) is 0 Å². The minimum atomic E-state index is 0.274. The lowest BCUT2D eigenvalue weighted by molar-refractivity contribution is 0.429. The van der Waals surface area contributed by atoms with E-state index >= 15 is 0 Å². The molecule has 2 heterocycles. The first-order chi connectivity index (χ1) is 7.25. The lowest BCUT2D eigenvalue weighted by Gasteiger charge is -2.01. The molecule has 15 heavy (non-hydrogen) atoms. The fraction of sp³-hybridized carbons (Fsp3) is 0.300. The molecule has 0 spiro atoms. The Kier molecular flexibility index (Phi) is 2.62. The van der Waals surface area contributed by atoms with E-state index in [0.29, 0.717) is 11.8 Å². The van der Waals surface area contributed by atoms with Crippen LogP contribution in [0.3, 0.4) is 0 Å². The van der Waals surface area contributed by atoms with Crippen molar-refractivity contribution in [2.75, 3.05) is 5.32 Å². The Balaban J connectivity index is 2.21. The van der Waals surface area contributed by atoms with E-state index in [9.17, 15) is 0 Å². The van der Waals surface area contributed by atoms with E-state index in [2.05, 4.69) is 20.4 Å². The summed E-state index contributed by atoms with van der Waals surface area (Å²) >= 11 is 0. The lowest BCUT2D eigenvalue weighted by atomic mass is 10.3. The Bertz CT molecular complexity index is 424. The first kappa shape index (κ1) is 9.64. The molecule has 2 aromatic heterocycles. The fourth-order valence-corrected chi connectivity index (χ4v) is 1.15. The predicted octanol–water partition coefficient (Wildman–Crippen LogP) is 1.95. The molecule has 1 N–H and O–H groups in total. The highest BCUT2D eigenvalue weighted by molar-refractivity contribution is 5.54. The van der Waals surface area contributed by atoms with Crippen molar-refractivity contribution in [3.8, 4) is 11.4 Å². The molecule has 0 atom stereocenters. The molecule has 0 amide bonds. The van der Waals surface area contributed by atoms with Gasteiger partial charge in [-0.3, -0.25) is 4.98 Å². The number of hydrogen-bond donors (Lipinski definition) is 1. The van der Waals surface area contributed by atoms with Crippen LogP contribution in [-0.4, -0.2) is 21.2 Å². The number of aromatic nitrogens is 3. The molecular weight excluding hydrogens is 192 g/mol. The van der Waals surface area contributed by atoms with E-state index < -0.39 is 0 Å². The number of pyridine rings is 1. The topological polar surface area (TPSA) is 63.8 Å². The summed E-state index contributed by atoms with van der Waals surface area (Å²) in [5.74, 6) is 0.570. The second kappa shape index (κ2) is 4.08. The number of nitrogens with zero attached hydrogens (tertiary/aromatic N) is 3. The lowest BCUT2D eigenvalue weighted by Crippen LogP contribution is -2.09. The molecule has 2 rings (SSSR count). The van der Waals surface area contributed by atoms with E-state index in [1.807, 2.05) is 26.0 Å². The largest absolute Gasteiger partial charge is 0.336 e. The molecular formula is C10H12N4O. The highest BCUT2D eigenvalue weighted by Gasteiger charge is 2.08. The first-order valence-corrected chi connectivity index (χ1v) is 4.76. The third kappa shape index (κ3) is 2.31. The van der Waals surface area contributed by atoms with Gasteiger partial charge in [0.15, 0.2) is 0 Å². The van der Waals surface area contributed by atoms with Gasteiger partial charge in [0.2, 0.25) is 5.82 Å². The van der Waals surface area contributed by atoms with Crippen LogP contribution in [0.1, 0.15) is 13.8 Å². The fourth-order valence-electron chi connectivity index (χ4n) is 1.15.